The lowest BCUT2D eigenvalue weighted by molar-refractivity contribution is 0.496. The van der Waals surface area contributed by atoms with Gasteiger partial charge in [-0.05, 0) is 31.5 Å². The zero-order chi connectivity index (χ0) is 13.8. The van der Waals surface area contributed by atoms with E-state index in [1.54, 1.807) is 6.33 Å². The molecule has 1 aromatic heterocycles. The lowest BCUT2D eigenvalue weighted by atomic mass is 9.97. The highest BCUT2D eigenvalue weighted by molar-refractivity contribution is 6.30. The van der Waals surface area contributed by atoms with Crippen molar-refractivity contribution in [1.29, 1.82) is 0 Å². The summed E-state index contributed by atoms with van der Waals surface area (Å²) in [4.78, 5) is 4.34. The molecule has 1 unspecified atom stereocenters. The predicted molar refractivity (Wildman–Crippen MR) is 79.0 cm³/mol. The summed E-state index contributed by atoms with van der Waals surface area (Å²) < 4.78 is 1.94. The van der Waals surface area contributed by atoms with Crippen molar-refractivity contribution >= 4 is 23.2 Å². The molecule has 0 saturated carbocycles. The van der Waals surface area contributed by atoms with E-state index in [1.165, 1.54) is 5.56 Å². The molecule has 1 aromatic carbocycles. The number of nitrogens with zero attached hydrogens (tertiary/aromatic N) is 3. The maximum absolute atomic E-state index is 6.10. The Bertz CT molecular complexity index is 520. The normalized spacial score (nSPS) is 12.9. The minimum atomic E-state index is 0.223. The number of benzene rings is 1. The van der Waals surface area contributed by atoms with Crippen LogP contribution in [-0.2, 0) is 6.42 Å². The Balaban J connectivity index is 2.19. The van der Waals surface area contributed by atoms with E-state index in [9.17, 15) is 0 Å². The van der Waals surface area contributed by atoms with Crippen LogP contribution in [0.25, 0.3) is 0 Å². The molecule has 2 rings (SSSR count). The van der Waals surface area contributed by atoms with E-state index in [0.717, 1.165) is 17.3 Å². The van der Waals surface area contributed by atoms with E-state index in [2.05, 4.69) is 23.9 Å². The smallest absolute Gasteiger partial charge is 0.138 e. The highest BCUT2D eigenvalue weighted by Crippen LogP contribution is 2.24. The lowest BCUT2D eigenvalue weighted by Gasteiger charge is -2.16. The molecule has 0 N–H and O–H groups in total. The third-order valence-corrected chi connectivity index (χ3v) is 3.72. The third-order valence-electron chi connectivity index (χ3n) is 3.09. The predicted octanol–water partition coefficient (Wildman–Crippen LogP) is 4.08. The highest BCUT2D eigenvalue weighted by Gasteiger charge is 2.16. The second-order valence-corrected chi connectivity index (χ2v) is 5.57. The quantitative estimate of drug-likeness (QED) is 0.779. The molecule has 1 heterocycles. The summed E-state index contributed by atoms with van der Waals surface area (Å²) in [6.07, 6.45) is 2.38. The first-order valence-corrected chi connectivity index (χ1v) is 7.23. The fourth-order valence-corrected chi connectivity index (χ4v) is 2.48. The Labute approximate surface area is 123 Å². The summed E-state index contributed by atoms with van der Waals surface area (Å²) >= 11 is 12.0. The van der Waals surface area contributed by atoms with Crippen molar-refractivity contribution in [3.05, 3.63) is 47.0 Å². The minimum absolute atomic E-state index is 0.223. The van der Waals surface area contributed by atoms with E-state index >= 15 is 0 Å². The number of aromatic nitrogens is 3. The van der Waals surface area contributed by atoms with Crippen molar-refractivity contribution in [3.63, 3.8) is 0 Å². The second kappa shape index (κ2) is 6.40. The first-order valence-electron chi connectivity index (χ1n) is 6.31. The summed E-state index contributed by atoms with van der Waals surface area (Å²) in [5.74, 6) is 1.74. The monoisotopic (exact) mass is 297 g/mol. The highest BCUT2D eigenvalue weighted by atomic mass is 35.5. The Morgan fingerprint density at radius 1 is 1.21 bits per heavy atom. The standard InChI is InChI=1S/C14H17Cl2N3/c1-10(2)19-14(17-9-18-19)7-12(8-15)11-3-5-13(16)6-4-11/h3-6,9-10,12H,7-8H2,1-2H3. The summed E-state index contributed by atoms with van der Waals surface area (Å²) in [6.45, 7) is 4.19. The molecule has 0 aliphatic rings. The zero-order valence-corrected chi connectivity index (χ0v) is 12.6. The van der Waals surface area contributed by atoms with Gasteiger partial charge in [-0.1, -0.05) is 23.7 Å². The first-order chi connectivity index (χ1) is 9.11. The number of hydrogen-bond acceptors (Lipinski definition) is 2. The molecule has 0 spiro atoms. The van der Waals surface area contributed by atoms with E-state index < -0.39 is 0 Å². The van der Waals surface area contributed by atoms with Gasteiger partial charge >= 0.3 is 0 Å². The average Bonchev–Trinajstić information content (AvgIpc) is 2.85. The van der Waals surface area contributed by atoms with Gasteiger partial charge in [0.15, 0.2) is 0 Å². The fraction of sp³-hybridized carbons (Fsp3) is 0.429. The van der Waals surface area contributed by atoms with Crippen molar-refractivity contribution in [3.8, 4) is 0 Å². The van der Waals surface area contributed by atoms with Crippen molar-refractivity contribution in [2.24, 2.45) is 0 Å². The Hall–Kier alpha value is -1.06. The summed E-state index contributed by atoms with van der Waals surface area (Å²) in [5.41, 5.74) is 1.18. The summed E-state index contributed by atoms with van der Waals surface area (Å²) in [7, 11) is 0. The minimum Gasteiger partial charge on any atom is -0.248 e. The average molecular weight is 298 g/mol. The Morgan fingerprint density at radius 3 is 2.47 bits per heavy atom. The topological polar surface area (TPSA) is 30.7 Å². The lowest BCUT2D eigenvalue weighted by Crippen LogP contribution is -2.13. The van der Waals surface area contributed by atoms with E-state index in [1.807, 2.05) is 28.9 Å². The molecule has 0 aliphatic heterocycles. The molecule has 0 aliphatic carbocycles. The number of hydrogen-bond donors (Lipinski definition) is 0. The maximum atomic E-state index is 6.10. The molecule has 3 nitrogen and oxygen atoms in total. The van der Waals surface area contributed by atoms with Gasteiger partial charge in [-0.2, -0.15) is 5.10 Å². The molecular weight excluding hydrogens is 281 g/mol. The van der Waals surface area contributed by atoms with Gasteiger partial charge in [0.25, 0.3) is 0 Å². The molecule has 102 valence electrons. The molecule has 0 fully saturated rings. The van der Waals surface area contributed by atoms with Crippen LogP contribution in [0.5, 0.6) is 0 Å². The van der Waals surface area contributed by atoms with Crippen LogP contribution in [0, 0.1) is 0 Å². The van der Waals surface area contributed by atoms with Gasteiger partial charge in [0, 0.05) is 29.3 Å². The number of halogens is 2. The molecule has 1 atom stereocenters. The molecule has 19 heavy (non-hydrogen) atoms. The van der Waals surface area contributed by atoms with Gasteiger partial charge < -0.3 is 0 Å². The van der Waals surface area contributed by atoms with E-state index in [-0.39, 0.29) is 5.92 Å². The largest absolute Gasteiger partial charge is 0.248 e. The molecule has 5 heteroatoms. The zero-order valence-electron chi connectivity index (χ0n) is 11.1. The van der Waals surface area contributed by atoms with Crippen molar-refractivity contribution in [2.75, 3.05) is 5.88 Å². The van der Waals surface area contributed by atoms with Crippen molar-refractivity contribution in [2.45, 2.75) is 32.2 Å². The summed E-state index contributed by atoms with van der Waals surface area (Å²) in [5, 5.41) is 4.99. The Morgan fingerprint density at radius 2 is 1.89 bits per heavy atom. The fourth-order valence-electron chi connectivity index (χ4n) is 2.07. The number of alkyl halides is 1. The van der Waals surface area contributed by atoms with E-state index in [4.69, 9.17) is 23.2 Å². The molecule has 0 amide bonds. The van der Waals surface area contributed by atoms with Crippen molar-refractivity contribution in [1.82, 2.24) is 14.8 Å². The van der Waals surface area contributed by atoms with Gasteiger partial charge in [-0.3, -0.25) is 0 Å². The Kier molecular flexibility index (Phi) is 4.83. The van der Waals surface area contributed by atoms with Gasteiger partial charge in [0.05, 0.1) is 0 Å². The van der Waals surface area contributed by atoms with Crippen LogP contribution in [0.3, 0.4) is 0 Å². The van der Waals surface area contributed by atoms with Gasteiger partial charge in [0.2, 0.25) is 0 Å². The molecule has 0 bridgehead atoms. The van der Waals surface area contributed by atoms with Crippen LogP contribution < -0.4 is 0 Å². The van der Waals surface area contributed by atoms with Crippen LogP contribution >= 0.6 is 23.2 Å². The molecule has 0 radical (unpaired) electrons. The molecule has 2 aromatic rings. The molecule has 0 saturated heterocycles. The molecular formula is C14H17Cl2N3. The van der Waals surface area contributed by atoms with Crippen LogP contribution in [-0.4, -0.2) is 20.6 Å². The number of rotatable bonds is 5. The van der Waals surface area contributed by atoms with Crippen LogP contribution in [0.1, 0.15) is 37.2 Å². The van der Waals surface area contributed by atoms with E-state index in [0.29, 0.717) is 11.9 Å². The maximum Gasteiger partial charge on any atom is 0.138 e. The first kappa shape index (κ1) is 14.4. The van der Waals surface area contributed by atoms with Crippen molar-refractivity contribution < 1.29 is 0 Å². The third kappa shape index (κ3) is 3.48. The van der Waals surface area contributed by atoms with Gasteiger partial charge in [-0.25, -0.2) is 9.67 Å². The van der Waals surface area contributed by atoms with Crippen LogP contribution in [0.2, 0.25) is 5.02 Å². The SMILES string of the molecule is CC(C)n1ncnc1CC(CCl)c1ccc(Cl)cc1. The van der Waals surface area contributed by atoms with Crippen LogP contribution in [0.4, 0.5) is 0 Å². The van der Waals surface area contributed by atoms with Crippen LogP contribution in [0.15, 0.2) is 30.6 Å². The summed E-state index contributed by atoms with van der Waals surface area (Å²) in [6, 6.07) is 8.13. The second-order valence-electron chi connectivity index (χ2n) is 4.82. The van der Waals surface area contributed by atoms with Gasteiger partial charge in [0.1, 0.15) is 12.2 Å². The van der Waals surface area contributed by atoms with Gasteiger partial charge in [-0.15, -0.1) is 11.6 Å².